The van der Waals surface area contributed by atoms with Crippen molar-refractivity contribution >= 4 is 46.8 Å². The van der Waals surface area contributed by atoms with Gasteiger partial charge in [-0.05, 0) is 51.0 Å². The molecular formula is C20H25ClN3O3S+. The van der Waals surface area contributed by atoms with Crippen molar-refractivity contribution in [3.63, 3.8) is 0 Å². The number of fused-ring (bicyclic) bond motifs is 4. The lowest BCUT2D eigenvalue weighted by Gasteiger charge is -2.33. The maximum atomic E-state index is 13.5. The Hall–Kier alpha value is -1.57. The molecule has 4 atom stereocenters. The number of hydrogen-bond acceptors (Lipinski definition) is 4. The van der Waals surface area contributed by atoms with Crippen molar-refractivity contribution in [3.8, 4) is 0 Å². The van der Waals surface area contributed by atoms with Crippen LogP contribution in [0.25, 0.3) is 0 Å². The van der Waals surface area contributed by atoms with Gasteiger partial charge in [0.2, 0.25) is 17.4 Å². The molecule has 1 aromatic carbocycles. The number of imide groups is 1. The number of carbonyl (C=O) groups is 3. The molecule has 4 rings (SSSR count). The zero-order valence-electron chi connectivity index (χ0n) is 16.4. The van der Waals surface area contributed by atoms with E-state index in [-0.39, 0.29) is 23.8 Å². The molecule has 0 aliphatic carbocycles. The van der Waals surface area contributed by atoms with Crippen molar-refractivity contribution < 1.29 is 19.7 Å². The van der Waals surface area contributed by atoms with Crippen LogP contribution in [0.4, 0.5) is 5.69 Å². The summed E-state index contributed by atoms with van der Waals surface area (Å²) in [6.45, 7) is 5.57. The Morgan fingerprint density at radius 2 is 1.96 bits per heavy atom. The predicted molar refractivity (Wildman–Crippen MR) is 109 cm³/mol. The quantitative estimate of drug-likeness (QED) is 0.724. The molecule has 0 saturated carbocycles. The van der Waals surface area contributed by atoms with Gasteiger partial charge in [0.05, 0.1) is 5.69 Å². The second kappa shape index (κ2) is 6.47. The number of carbonyl (C=O) groups excluding carboxylic acids is 3. The molecule has 6 nitrogen and oxygen atoms in total. The Kier molecular flexibility index (Phi) is 4.56. The fourth-order valence-electron chi connectivity index (χ4n) is 5.11. The molecule has 2 fully saturated rings. The summed E-state index contributed by atoms with van der Waals surface area (Å²) in [5.41, 5.74) is -0.385. The number of likely N-dealkylation sites (tertiary alicyclic amines) is 1. The number of halogens is 1. The third kappa shape index (κ3) is 2.56. The van der Waals surface area contributed by atoms with Crippen LogP contribution in [0.15, 0.2) is 18.2 Å². The highest BCUT2D eigenvalue weighted by molar-refractivity contribution is 7.98. The van der Waals surface area contributed by atoms with Crippen molar-refractivity contribution in [2.75, 3.05) is 17.3 Å². The highest BCUT2D eigenvalue weighted by Gasteiger charge is 2.74. The summed E-state index contributed by atoms with van der Waals surface area (Å²) in [5, 5.41) is 5.39. The number of hydrogen-bond donors (Lipinski definition) is 2. The van der Waals surface area contributed by atoms with Crippen LogP contribution in [-0.4, -0.2) is 46.2 Å². The van der Waals surface area contributed by atoms with E-state index in [4.69, 9.17) is 11.6 Å². The standard InChI is InChI=1S/C20H24ClN3O3S/c1-19(2,3)24-16(25)14-13(7-8-28-4)23-20(15(14)17(24)26)11-9-10(21)5-6-12(11)22-18(20)27/h5-6,9,13-15,23H,7-8H2,1-4H3,(H,22,27)/p+1/t13-,14-,15-,20+/m1/s1. The number of amides is 3. The Morgan fingerprint density at radius 3 is 2.61 bits per heavy atom. The number of quaternary nitrogens is 1. The fourth-order valence-corrected chi connectivity index (χ4v) is 5.79. The van der Waals surface area contributed by atoms with E-state index in [0.29, 0.717) is 16.3 Å². The fraction of sp³-hybridized carbons (Fsp3) is 0.550. The third-order valence-corrected chi connectivity index (χ3v) is 7.04. The summed E-state index contributed by atoms with van der Waals surface area (Å²) in [6, 6.07) is 5.12. The van der Waals surface area contributed by atoms with Crippen LogP contribution in [-0.2, 0) is 19.9 Å². The summed E-state index contributed by atoms with van der Waals surface area (Å²) in [6.07, 6.45) is 2.77. The molecule has 0 aromatic heterocycles. The number of anilines is 1. The number of nitrogens with one attached hydrogen (secondary N) is 1. The molecule has 3 amide bonds. The summed E-state index contributed by atoms with van der Waals surface area (Å²) in [4.78, 5) is 41.5. The van der Waals surface area contributed by atoms with E-state index in [1.165, 1.54) is 4.90 Å². The lowest BCUT2D eigenvalue weighted by atomic mass is 9.76. The van der Waals surface area contributed by atoms with Gasteiger partial charge in [-0.1, -0.05) is 11.6 Å². The van der Waals surface area contributed by atoms with Gasteiger partial charge in [-0.3, -0.25) is 19.3 Å². The molecule has 8 heteroatoms. The Morgan fingerprint density at radius 1 is 1.25 bits per heavy atom. The van der Waals surface area contributed by atoms with Crippen molar-refractivity contribution in [1.82, 2.24) is 4.90 Å². The van der Waals surface area contributed by atoms with E-state index in [9.17, 15) is 14.4 Å². The van der Waals surface area contributed by atoms with E-state index in [1.54, 1.807) is 30.0 Å². The van der Waals surface area contributed by atoms with Gasteiger partial charge in [-0.15, -0.1) is 0 Å². The monoisotopic (exact) mass is 422 g/mol. The summed E-state index contributed by atoms with van der Waals surface area (Å²) < 4.78 is 0. The average Bonchev–Trinajstić information content (AvgIpc) is 3.18. The van der Waals surface area contributed by atoms with Gasteiger partial charge in [0, 0.05) is 22.5 Å². The first kappa shape index (κ1) is 19.7. The maximum absolute atomic E-state index is 13.5. The van der Waals surface area contributed by atoms with Crippen LogP contribution >= 0.6 is 23.4 Å². The van der Waals surface area contributed by atoms with Gasteiger partial charge in [0.1, 0.15) is 17.9 Å². The molecule has 3 N–H and O–H groups in total. The first-order chi connectivity index (χ1) is 13.1. The largest absolute Gasteiger partial charge is 0.326 e. The van der Waals surface area contributed by atoms with E-state index in [1.807, 2.05) is 32.3 Å². The van der Waals surface area contributed by atoms with E-state index >= 15 is 0 Å². The van der Waals surface area contributed by atoms with Crippen molar-refractivity contribution in [3.05, 3.63) is 28.8 Å². The number of nitrogens with zero attached hydrogens (tertiary/aromatic N) is 1. The highest BCUT2D eigenvalue weighted by atomic mass is 35.5. The van der Waals surface area contributed by atoms with Crippen molar-refractivity contribution in [1.29, 1.82) is 0 Å². The Balaban J connectivity index is 1.89. The lowest BCUT2D eigenvalue weighted by molar-refractivity contribution is -0.733. The van der Waals surface area contributed by atoms with Gasteiger partial charge in [0.15, 0.2) is 0 Å². The van der Waals surface area contributed by atoms with Gasteiger partial charge in [-0.25, -0.2) is 0 Å². The molecule has 3 heterocycles. The average molecular weight is 423 g/mol. The molecule has 0 bridgehead atoms. The second-order valence-electron chi connectivity index (χ2n) is 8.81. The van der Waals surface area contributed by atoms with Gasteiger partial charge in [-0.2, -0.15) is 11.8 Å². The summed E-state index contributed by atoms with van der Waals surface area (Å²) in [5.74, 6) is -1.01. The molecule has 2 saturated heterocycles. The van der Waals surface area contributed by atoms with Crippen LogP contribution in [0.3, 0.4) is 0 Å². The van der Waals surface area contributed by atoms with Crippen LogP contribution in [0.5, 0.6) is 0 Å². The number of rotatable bonds is 3. The third-order valence-electron chi connectivity index (χ3n) is 6.16. The van der Waals surface area contributed by atoms with Crippen LogP contribution in [0.1, 0.15) is 32.8 Å². The minimum atomic E-state index is -1.14. The number of thioether (sulfide) groups is 1. The Bertz CT molecular complexity index is 884. The molecular weight excluding hydrogens is 398 g/mol. The van der Waals surface area contributed by atoms with E-state index in [0.717, 1.165) is 12.2 Å². The van der Waals surface area contributed by atoms with Crippen LogP contribution < -0.4 is 10.6 Å². The number of benzene rings is 1. The molecule has 1 spiro atoms. The van der Waals surface area contributed by atoms with Crippen molar-refractivity contribution in [2.24, 2.45) is 11.8 Å². The normalized spacial score (nSPS) is 31.5. The Labute approximate surface area is 173 Å². The van der Waals surface area contributed by atoms with Crippen molar-refractivity contribution in [2.45, 2.75) is 44.3 Å². The number of nitrogens with two attached hydrogens (primary N) is 1. The first-order valence-corrected chi connectivity index (χ1v) is 11.2. The second-order valence-corrected chi connectivity index (χ2v) is 10.2. The zero-order chi connectivity index (χ0) is 20.4. The first-order valence-electron chi connectivity index (χ1n) is 9.47. The maximum Gasteiger partial charge on any atom is 0.291 e. The molecule has 1 aromatic rings. The summed E-state index contributed by atoms with van der Waals surface area (Å²) >= 11 is 7.94. The van der Waals surface area contributed by atoms with Gasteiger partial charge >= 0.3 is 0 Å². The smallest absolute Gasteiger partial charge is 0.291 e. The van der Waals surface area contributed by atoms with E-state index < -0.39 is 22.9 Å². The minimum absolute atomic E-state index is 0.128. The zero-order valence-corrected chi connectivity index (χ0v) is 18.0. The van der Waals surface area contributed by atoms with Crippen LogP contribution in [0, 0.1) is 11.8 Å². The highest BCUT2D eigenvalue weighted by Crippen LogP contribution is 2.51. The predicted octanol–water partition coefficient (Wildman–Crippen LogP) is 1.59. The summed E-state index contributed by atoms with van der Waals surface area (Å²) in [7, 11) is 0. The van der Waals surface area contributed by atoms with E-state index in [2.05, 4.69) is 5.32 Å². The van der Waals surface area contributed by atoms with Gasteiger partial charge < -0.3 is 10.6 Å². The topological polar surface area (TPSA) is 83.1 Å². The molecule has 28 heavy (non-hydrogen) atoms. The van der Waals surface area contributed by atoms with Crippen LogP contribution in [0.2, 0.25) is 5.02 Å². The molecule has 3 aliphatic rings. The van der Waals surface area contributed by atoms with Gasteiger partial charge in [0.25, 0.3) is 5.91 Å². The molecule has 0 unspecified atom stereocenters. The molecule has 0 radical (unpaired) electrons. The molecule has 150 valence electrons. The SMILES string of the molecule is CSCC[C@H]1[NH2+][C@]2(C(=O)Nc3ccc(Cl)cc32)[C@H]2C(=O)N(C(C)(C)C)C(=O)[C@H]12. The lowest BCUT2D eigenvalue weighted by Crippen LogP contribution is -2.99. The molecule has 3 aliphatic heterocycles. The minimum Gasteiger partial charge on any atom is -0.326 e.